The molecule has 3 heterocycles. The van der Waals surface area contributed by atoms with E-state index in [9.17, 15) is 10.1 Å². The normalized spacial score (nSPS) is 13.9. The van der Waals surface area contributed by atoms with Crippen LogP contribution in [0, 0.1) is 25.2 Å². The Morgan fingerprint density at radius 3 is 2.48 bits per heavy atom. The van der Waals surface area contributed by atoms with Crippen molar-refractivity contribution < 1.29 is 9.53 Å². The monoisotopic (exact) mass is 415 g/mol. The van der Waals surface area contributed by atoms with E-state index in [2.05, 4.69) is 51.8 Å². The van der Waals surface area contributed by atoms with Gasteiger partial charge in [0.05, 0.1) is 28.9 Å². The average Bonchev–Trinajstić information content (AvgIpc) is 2.78. The molecule has 1 aromatic carbocycles. The number of anilines is 2. The van der Waals surface area contributed by atoms with Crippen molar-refractivity contribution in [3.63, 3.8) is 0 Å². The lowest BCUT2D eigenvalue weighted by Crippen LogP contribution is -2.47. The molecule has 2 aromatic heterocycles. The van der Waals surface area contributed by atoms with Gasteiger partial charge in [0.2, 0.25) is 0 Å². The van der Waals surface area contributed by atoms with Crippen molar-refractivity contribution in [2.75, 3.05) is 42.6 Å². The lowest BCUT2D eigenvalue weighted by molar-refractivity contribution is 0.0526. The highest BCUT2D eigenvalue weighted by Gasteiger charge is 2.23. The van der Waals surface area contributed by atoms with E-state index in [1.54, 1.807) is 25.4 Å². The number of esters is 1. The average molecular weight is 415 g/mol. The van der Waals surface area contributed by atoms with Crippen LogP contribution < -0.4 is 9.80 Å². The molecule has 1 fully saturated rings. The van der Waals surface area contributed by atoms with Crippen LogP contribution >= 0.6 is 0 Å². The van der Waals surface area contributed by atoms with Crippen molar-refractivity contribution in [2.45, 2.75) is 20.8 Å². The third kappa shape index (κ3) is 4.02. The molecule has 0 spiro atoms. The summed E-state index contributed by atoms with van der Waals surface area (Å²) in [5.41, 5.74) is 5.24. The fourth-order valence-electron chi connectivity index (χ4n) is 4.14. The fourth-order valence-corrected chi connectivity index (χ4v) is 4.14. The topological polar surface area (TPSA) is 82.4 Å². The number of pyridine rings is 2. The highest BCUT2D eigenvalue weighted by Crippen LogP contribution is 2.32. The Bertz CT molecular complexity index is 1160. The van der Waals surface area contributed by atoms with E-state index in [0.29, 0.717) is 17.7 Å². The lowest BCUT2D eigenvalue weighted by atomic mass is 10.0. The van der Waals surface area contributed by atoms with Gasteiger partial charge in [-0.25, -0.2) is 9.78 Å². The highest BCUT2D eigenvalue weighted by molar-refractivity contribution is 5.96. The summed E-state index contributed by atoms with van der Waals surface area (Å²) in [7, 11) is 0. The molecule has 0 atom stereocenters. The number of aryl methyl sites for hydroxylation is 2. The van der Waals surface area contributed by atoms with E-state index in [1.165, 1.54) is 0 Å². The molecule has 158 valence electrons. The van der Waals surface area contributed by atoms with E-state index in [-0.39, 0.29) is 5.97 Å². The van der Waals surface area contributed by atoms with Gasteiger partial charge in [0.25, 0.3) is 0 Å². The number of benzene rings is 1. The van der Waals surface area contributed by atoms with Crippen LogP contribution in [0.3, 0.4) is 0 Å². The van der Waals surface area contributed by atoms with E-state index in [0.717, 1.165) is 59.7 Å². The maximum absolute atomic E-state index is 11.8. The summed E-state index contributed by atoms with van der Waals surface area (Å²) < 4.78 is 5.02. The van der Waals surface area contributed by atoms with Gasteiger partial charge < -0.3 is 14.5 Å². The van der Waals surface area contributed by atoms with E-state index in [1.807, 2.05) is 6.07 Å². The molecule has 0 N–H and O–H groups in total. The SMILES string of the molecule is CCOC(=O)c1ccc(N2CCN(c3c(C#N)cnc4c(C)cc(C)cc34)CC2)nc1. The molecule has 7 heteroatoms. The Morgan fingerprint density at radius 1 is 1.10 bits per heavy atom. The minimum absolute atomic E-state index is 0.343. The van der Waals surface area contributed by atoms with Crippen LogP contribution in [-0.4, -0.2) is 48.7 Å². The third-order valence-corrected chi connectivity index (χ3v) is 5.58. The summed E-state index contributed by atoms with van der Waals surface area (Å²) in [5.74, 6) is 0.477. The van der Waals surface area contributed by atoms with Gasteiger partial charge in [-0.05, 0) is 44.5 Å². The number of nitriles is 1. The molecule has 1 aliphatic heterocycles. The van der Waals surface area contributed by atoms with Crippen LogP contribution in [0.1, 0.15) is 34.0 Å². The van der Waals surface area contributed by atoms with Gasteiger partial charge in [-0.15, -0.1) is 0 Å². The Morgan fingerprint density at radius 2 is 1.84 bits per heavy atom. The predicted octanol–water partition coefficient (Wildman–Crippen LogP) is 3.62. The number of carbonyl (C=O) groups excluding carboxylic acids is 1. The summed E-state index contributed by atoms with van der Waals surface area (Å²) in [4.78, 5) is 25.3. The van der Waals surface area contributed by atoms with Crippen molar-refractivity contribution in [3.05, 3.63) is 58.9 Å². The quantitative estimate of drug-likeness (QED) is 0.602. The van der Waals surface area contributed by atoms with Crippen molar-refractivity contribution in [1.29, 1.82) is 5.26 Å². The van der Waals surface area contributed by atoms with Crippen LogP contribution in [0.5, 0.6) is 0 Å². The van der Waals surface area contributed by atoms with Crippen LogP contribution in [-0.2, 0) is 4.74 Å². The molecular formula is C24H25N5O2. The molecule has 31 heavy (non-hydrogen) atoms. The van der Waals surface area contributed by atoms with Crippen LogP contribution in [0.2, 0.25) is 0 Å². The van der Waals surface area contributed by atoms with Crippen LogP contribution in [0.15, 0.2) is 36.7 Å². The minimum atomic E-state index is -0.356. The standard InChI is InChI=1S/C24H25N5O2/c1-4-31-24(30)18-5-6-21(26-14-18)28-7-9-29(10-8-28)23-19(13-25)15-27-22-17(3)11-16(2)12-20(22)23/h5-6,11-12,14-15H,4,7-10H2,1-3H3. The third-order valence-electron chi connectivity index (χ3n) is 5.58. The Kier molecular flexibility index (Phi) is 5.72. The van der Waals surface area contributed by atoms with Crippen LogP contribution in [0.4, 0.5) is 11.5 Å². The minimum Gasteiger partial charge on any atom is -0.462 e. The van der Waals surface area contributed by atoms with E-state index < -0.39 is 0 Å². The number of hydrogen-bond donors (Lipinski definition) is 0. The zero-order chi connectivity index (χ0) is 22.0. The molecule has 3 aromatic rings. The Labute approximate surface area is 181 Å². The smallest absolute Gasteiger partial charge is 0.339 e. The molecular weight excluding hydrogens is 390 g/mol. The number of fused-ring (bicyclic) bond motifs is 1. The number of rotatable bonds is 4. The number of nitrogens with zero attached hydrogens (tertiary/aromatic N) is 5. The molecule has 0 unspecified atom stereocenters. The number of hydrogen-bond acceptors (Lipinski definition) is 7. The maximum Gasteiger partial charge on any atom is 0.339 e. The molecule has 0 bridgehead atoms. The first kappa shape index (κ1) is 20.6. The van der Waals surface area contributed by atoms with E-state index >= 15 is 0 Å². The highest BCUT2D eigenvalue weighted by atomic mass is 16.5. The Balaban J connectivity index is 1.56. The molecule has 1 aliphatic rings. The molecule has 0 amide bonds. The first-order chi connectivity index (χ1) is 15.0. The van der Waals surface area contributed by atoms with Gasteiger partial charge in [0.15, 0.2) is 0 Å². The largest absolute Gasteiger partial charge is 0.462 e. The number of aromatic nitrogens is 2. The van der Waals surface area contributed by atoms with Crippen molar-refractivity contribution in [2.24, 2.45) is 0 Å². The molecule has 7 nitrogen and oxygen atoms in total. The summed E-state index contributed by atoms with van der Waals surface area (Å²) in [6.07, 6.45) is 3.25. The van der Waals surface area contributed by atoms with Crippen molar-refractivity contribution >= 4 is 28.4 Å². The van der Waals surface area contributed by atoms with Crippen molar-refractivity contribution in [3.8, 4) is 6.07 Å². The van der Waals surface area contributed by atoms with Gasteiger partial charge in [-0.3, -0.25) is 4.98 Å². The summed E-state index contributed by atoms with van der Waals surface area (Å²) in [6, 6.07) is 10.2. The second-order valence-corrected chi connectivity index (χ2v) is 7.71. The van der Waals surface area contributed by atoms with Crippen molar-refractivity contribution in [1.82, 2.24) is 9.97 Å². The van der Waals surface area contributed by atoms with Gasteiger partial charge >= 0.3 is 5.97 Å². The van der Waals surface area contributed by atoms with Crippen LogP contribution in [0.25, 0.3) is 10.9 Å². The second-order valence-electron chi connectivity index (χ2n) is 7.71. The molecule has 1 saturated heterocycles. The molecule has 0 radical (unpaired) electrons. The molecule has 0 aliphatic carbocycles. The summed E-state index contributed by atoms with van der Waals surface area (Å²) in [5, 5.41) is 10.7. The molecule has 0 saturated carbocycles. The van der Waals surface area contributed by atoms with E-state index in [4.69, 9.17) is 4.74 Å². The fraction of sp³-hybridized carbons (Fsp3) is 0.333. The van der Waals surface area contributed by atoms with Gasteiger partial charge in [-0.2, -0.15) is 5.26 Å². The maximum atomic E-state index is 11.8. The van der Waals surface area contributed by atoms with Gasteiger partial charge in [-0.1, -0.05) is 11.6 Å². The zero-order valence-electron chi connectivity index (χ0n) is 18.1. The summed E-state index contributed by atoms with van der Waals surface area (Å²) in [6.45, 7) is 9.32. The number of carbonyl (C=O) groups is 1. The first-order valence-electron chi connectivity index (χ1n) is 10.4. The number of ether oxygens (including phenoxy) is 1. The zero-order valence-corrected chi connectivity index (χ0v) is 18.1. The molecule has 4 rings (SSSR count). The first-order valence-corrected chi connectivity index (χ1v) is 10.4. The predicted molar refractivity (Wildman–Crippen MR) is 121 cm³/mol. The van der Waals surface area contributed by atoms with Gasteiger partial charge in [0, 0.05) is 44.0 Å². The van der Waals surface area contributed by atoms with Gasteiger partial charge in [0.1, 0.15) is 11.9 Å². The Hall–Kier alpha value is -3.66. The lowest BCUT2D eigenvalue weighted by Gasteiger charge is -2.37. The number of piperazine rings is 1. The second kappa shape index (κ2) is 8.60. The summed E-state index contributed by atoms with van der Waals surface area (Å²) >= 11 is 0.